The molecule has 1 aromatic heterocycles. The van der Waals surface area contributed by atoms with Crippen LogP contribution in [0.1, 0.15) is 30.9 Å². The number of hydrogen-bond donors (Lipinski definition) is 0. The molecule has 1 heteroatoms. The lowest BCUT2D eigenvalue weighted by Crippen LogP contribution is -1.89. The number of hydrogen-bond acceptors (Lipinski definition) is 1. The Balaban J connectivity index is 2.44. The maximum atomic E-state index is 2.30. The van der Waals surface area contributed by atoms with Gasteiger partial charge in [-0.25, -0.2) is 0 Å². The van der Waals surface area contributed by atoms with Gasteiger partial charge in [0.15, 0.2) is 0 Å². The molecular weight excluding hydrogens is 200 g/mol. The summed E-state index contributed by atoms with van der Waals surface area (Å²) in [6.45, 7) is 6.66. The van der Waals surface area contributed by atoms with Crippen LogP contribution in [0.3, 0.4) is 0 Å². The highest BCUT2D eigenvalue weighted by molar-refractivity contribution is 7.08. The summed E-state index contributed by atoms with van der Waals surface area (Å²) in [5, 5.41) is 4.34. The lowest BCUT2D eigenvalue weighted by Gasteiger charge is -2.09. The van der Waals surface area contributed by atoms with Gasteiger partial charge in [-0.15, -0.1) is 0 Å². The van der Waals surface area contributed by atoms with Crippen LogP contribution in [0.15, 0.2) is 35.0 Å². The zero-order valence-corrected chi connectivity index (χ0v) is 10.3. The summed E-state index contributed by atoms with van der Waals surface area (Å²) in [4.78, 5) is 0. The second-order valence-electron chi connectivity index (χ2n) is 4.24. The van der Waals surface area contributed by atoms with Crippen LogP contribution in [-0.4, -0.2) is 0 Å². The average Bonchev–Trinajstić information content (AvgIpc) is 2.70. The summed E-state index contributed by atoms with van der Waals surface area (Å²) >= 11 is 1.75. The molecule has 0 fully saturated rings. The third kappa shape index (κ3) is 2.13. The van der Waals surface area contributed by atoms with Gasteiger partial charge in [0.05, 0.1) is 0 Å². The van der Waals surface area contributed by atoms with Crippen molar-refractivity contribution in [3.8, 4) is 11.1 Å². The Labute approximate surface area is 95.6 Å². The minimum absolute atomic E-state index is 0.611. The molecular formula is C14H16S. The lowest BCUT2D eigenvalue weighted by atomic mass is 9.96. The highest BCUT2D eigenvalue weighted by Gasteiger charge is 2.05. The molecule has 78 valence electrons. The molecule has 1 aromatic carbocycles. The molecule has 0 spiro atoms. The minimum atomic E-state index is 0.611. The summed E-state index contributed by atoms with van der Waals surface area (Å²) < 4.78 is 0. The number of benzene rings is 1. The quantitative estimate of drug-likeness (QED) is 0.673. The fourth-order valence-corrected chi connectivity index (χ4v) is 2.44. The third-order valence-electron chi connectivity index (χ3n) is 2.75. The summed E-state index contributed by atoms with van der Waals surface area (Å²) in [6.07, 6.45) is 0. The Bertz CT molecular complexity index is 438. The molecule has 0 amide bonds. The summed E-state index contributed by atoms with van der Waals surface area (Å²) in [6, 6.07) is 8.97. The second kappa shape index (κ2) is 4.19. The second-order valence-corrected chi connectivity index (χ2v) is 5.02. The zero-order chi connectivity index (χ0) is 10.8. The Hall–Kier alpha value is -1.08. The van der Waals surface area contributed by atoms with Gasteiger partial charge in [-0.1, -0.05) is 32.0 Å². The van der Waals surface area contributed by atoms with Crippen molar-refractivity contribution < 1.29 is 0 Å². The monoisotopic (exact) mass is 216 g/mol. The first kappa shape index (κ1) is 10.4. The number of thiophene rings is 1. The first-order valence-electron chi connectivity index (χ1n) is 5.31. The van der Waals surface area contributed by atoms with E-state index in [1.165, 1.54) is 22.3 Å². The fraction of sp³-hybridized carbons (Fsp3) is 0.286. The van der Waals surface area contributed by atoms with Crippen molar-refractivity contribution in [2.24, 2.45) is 0 Å². The standard InChI is InChI=1S/C14H16S/c1-10(2)12-4-5-14(11(3)8-12)13-6-7-15-9-13/h4-10H,1-3H3. The van der Waals surface area contributed by atoms with Gasteiger partial charge in [0.25, 0.3) is 0 Å². The molecule has 0 nitrogen and oxygen atoms in total. The smallest absolute Gasteiger partial charge is 0.00146 e. The molecule has 0 bridgehead atoms. The van der Waals surface area contributed by atoms with E-state index in [0.29, 0.717) is 5.92 Å². The van der Waals surface area contributed by atoms with Crippen molar-refractivity contribution in [1.29, 1.82) is 0 Å². The Kier molecular flexibility index (Phi) is 2.92. The zero-order valence-electron chi connectivity index (χ0n) is 9.45. The van der Waals surface area contributed by atoms with E-state index < -0.39 is 0 Å². The van der Waals surface area contributed by atoms with E-state index >= 15 is 0 Å². The van der Waals surface area contributed by atoms with E-state index in [1.807, 2.05) is 0 Å². The van der Waals surface area contributed by atoms with Crippen LogP contribution in [0.5, 0.6) is 0 Å². The van der Waals surface area contributed by atoms with Crippen LogP contribution < -0.4 is 0 Å². The van der Waals surface area contributed by atoms with Crippen LogP contribution in [0.2, 0.25) is 0 Å². The molecule has 0 aliphatic heterocycles. The molecule has 2 aromatic rings. The van der Waals surface area contributed by atoms with Crippen LogP contribution in [0, 0.1) is 6.92 Å². The highest BCUT2D eigenvalue weighted by Crippen LogP contribution is 2.28. The molecule has 0 saturated heterocycles. The Morgan fingerprint density at radius 2 is 1.93 bits per heavy atom. The maximum absolute atomic E-state index is 2.30. The van der Waals surface area contributed by atoms with E-state index in [4.69, 9.17) is 0 Å². The van der Waals surface area contributed by atoms with E-state index in [-0.39, 0.29) is 0 Å². The van der Waals surface area contributed by atoms with Crippen molar-refractivity contribution in [2.75, 3.05) is 0 Å². The number of rotatable bonds is 2. The minimum Gasteiger partial charge on any atom is -0.152 e. The average molecular weight is 216 g/mol. The Morgan fingerprint density at radius 3 is 2.47 bits per heavy atom. The summed E-state index contributed by atoms with van der Waals surface area (Å²) in [5.74, 6) is 0.611. The molecule has 0 unspecified atom stereocenters. The van der Waals surface area contributed by atoms with Crippen LogP contribution >= 0.6 is 11.3 Å². The maximum Gasteiger partial charge on any atom is -0.00146 e. The predicted molar refractivity (Wildman–Crippen MR) is 68.6 cm³/mol. The summed E-state index contributed by atoms with van der Waals surface area (Å²) in [7, 11) is 0. The van der Waals surface area contributed by atoms with Crippen molar-refractivity contribution in [1.82, 2.24) is 0 Å². The van der Waals surface area contributed by atoms with Gasteiger partial charge >= 0.3 is 0 Å². The Morgan fingerprint density at radius 1 is 1.13 bits per heavy atom. The van der Waals surface area contributed by atoms with Crippen LogP contribution in [0.4, 0.5) is 0 Å². The van der Waals surface area contributed by atoms with E-state index in [1.54, 1.807) is 11.3 Å². The normalized spacial score (nSPS) is 10.9. The van der Waals surface area contributed by atoms with E-state index in [2.05, 4.69) is 55.8 Å². The molecule has 2 rings (SSSR count). The molecule has 15 heavy (non-hydrogen) atoms. The SMILES string of the molecule is Cc1cc(C(C)C)ccc1-c1ccsc1. The molecule has 0 radical (unpaired) electrons. The van der Waals surface area contributed by atoms with Gasteiger partial charge in [-0.2, -0.15) is 11.3 Å². The molecule has 0 aliphatic carbocycles. The first-order chi connectivity index (χ1) is 7.18. The van der Waals surface area contributed by atoms with E-state index in [0.717, 1.165) is 0 Å². The van der Waals surface area contributed by atoms with E-state index in [9.17, 15) is 0 Å². The van der Waals surface area contributed by atoms with Gasteiger partial charge in [0, 0.05) is 0 Å². The largest absolute Gasteiger partial charge is 0.152 e. The van der Waals surface area contributed by atoms with Gasteiger partial charge in [-0.3, -0.25) is 0 Å². The highest BCUT2D eigenvalue weighted by atomic mass is 32.1. The predicted octanol–water partition coefficient (Wildman–Crippen LogP) is 4.85. The number of aryl methyl sites for hydroxylation is 1. The van der Waals surface area contributed by atoms with Gasteiger partial charge < -0.3 is 0 Å². The van der Waals surface area contributed by atoms with Crippen LogP contribution in [-0.2, 0) is 0 Å². The lowest BCUT2D eigenvalue weighted by molar-refractivity contribution is 0.865. The molecule has 0 saturated carbocycles. The van der Waals surface area contributed by atoms with Gasteiger partial charge in [-0.05, 0) is 51.9 Å². The first-order valence-corrected chi connectivity index (χ1v) is 6.26. The molecule has 0 atom stereocenters. The topological polar surface area (TPSA) is 0 Å². The summed E-state index contributed by atoms with van der Waals surface area (Å²) in [5.41, 5.74) is 5.50. The fourth-order valence-electron chi connectivity index (χ4n) is 1.79. The van der Waals surface area contributed by atoms with Crippen molar-refractivity contribution in [2.45, 2.75) is 26.7 Å². The molecule has 0 N–H and O–H groups in total. The van der Waals surface area contributed by atoms with Crippen molar-refractivity contribution in [3.63, 3.8) is 0 Å². The van der Waals surface area contributed by atoms with Crippen molar-refractivity contribution >= 4 is 11.3 Å². The third-order valence-corrected chi connectivity index (χ3v) is 3.43. The molecule has 0 aliphatic rings. The van der Waals surface area contributed by atoms with Gasteiger partial charge in [0.1, 0.15) is 0 Å². The van der Waals surface area contributed by atoms with Crippen molar-refractivity contribution in [3.05, 3.63) is 46.2 Å². The molecule has 1 heterocycles. The van der Waals surface area contributed by atoms with Gasteiger partial charge in [0.2, 0.25) is 0 Å². The van der Waals surface area contributed by atoms with Crippen LogP contribution in [0.25, 0.3) is 11.1 Å².